The van der Waals surface area contributed by atoms with E-state index in [2.05, 4.69) is 21.2 Å². The monoisotopic (exact) mass is 269 g/mol. The molecule has 0 saturated heterocycles. The summed E-state index contributed by atoms with van der Waals surface area (Å²) in [6.07, 6.45) is 0. The minimum Gasteiger partial charge on any atom is -0.325 e. The lowest BCUT2D eigenvalue weighted by Gasteiger charge is -2.24. The Morgan fingerprint density at radius 2 is 1.80 bits per heavy atom. The van der Waals surface area contributed by atoms with Crippen molar-refractivity contribution in [2.24, 2.45) is 5.41 Å². The second-order valence-electron chi connectivity index (χ2n) is 4.58. The number of carbonyl (C=O) groups is 1. The van der Waals surface area contributed by atoms with Gasteiger partial charge in [0.2, 0.25) is 5.91 Å². The van der Waals surface area contributed by atoms with Crippen LogP contribution < -0.4 is 5.32 Å². The number of nitrogens with one attached hydrogen (secondary N) is 1. The quantitative estimate of drug-likeness (QED) is 0.819. The van der Waals surface area contributed by atoms with E-state index in [-0.39, 0.29) is 16.1 Å². The van der Waals surface area contributed by atoms with E-state index in [1.165, 1.54) is 0 Å². The van der Waals surface area contributed by atoms with Crippen LogP contribution in [-0.2, 0) is 4.79 Å². The molecule has 0 aliphatic heterocycles. The van der Waals surface area contributed by atoms with E-state index in [0.717, 1.165) is 5.69 Å². The number of benzene rings is 1. The summed E-state index contributed by atoms with van der Waals surface area (Å²) in [4.78, 5) is 11.6. The van der Waals surface area contributed by atoms with Gasteiger partial charge in [0.15, 0.2) is 0 Å². The molecule has 0 aromatic heterocycles. The first-order valence-electron chi connectivity index (χ1n) is 4.91. The van der Waals surface area contributed by atoms with Crippen LogP contribution in [0.1, 0.15) is 20.8 Å². The number of carbonyl (C=O) groups excluding carboxylic acids is 1. The van der Waals surface area contributed by atoms with E-state index in [4.69, 9.17) is 0 Å². The molecule has 0 aliphatic rings. The molecule has 0 spiro atoms. The molecular formula is C12H16BrNO. The summed E-state index contributed by atoms with van der Waals surface area (Å²) in [6, 6.07) is 9.47. The lowest BCUT2D eigenvalue weighted by molar-refractivity contribution is -0.117. The average Bonchev–Trinajstić information content (AvgIpc) is 2.16. The predicted octanol–water partition coefficient (Wildman–Crippen LogP) is 3.43. The average molecular weight is 270 g/mol. The number of anilines is 1. The van der Waals surface area contributed by atoms with Crippen LogP contribution in [0.25, 0.3) is 0 Å². The molecule has 1 atom stereocenters. The second-order valence-corrected chi connectivity index (χ2v) is 5.50. The lowest BCUT2D eigenvalue weighted by Crippen LogP contribution is -2.33. The normalized spacial score (nSPS) is 13.3. The van der Waals surface area contributed by atoms with Crippen LogP contribution in [0.2, 0.25) is 0 Å². The van der Waals surface area contributed by atoms with Gasteiger partial charge >= 0.3 is 0 Å². The molecule has 0 radical (unpaired) electrons. The van der Waals surface area contributed by atoms with E-state index in [1.807, 2.05) is 51.1 Å². The van der Waals surface area contributed by atoms with Crippen LogP contribution in [-0.4, -0.2) is 10.7 Å². The van der Waals surface area contributed by atoms with Crippen molar-refractivity contribution >= 4 is 27.5 Å². The molecule has 1 amide bonds. The molecule has 0 unspecified atom stereocenters. The molecule has 15 heavy (non-hydrogen) atoms. The standard InChI is InChI=1S/C12H16BrNO/c1-12(2,3)10(13)11(15)14-9-7-5-4-6-8-9/h4-8,10H,1-3H3,(H,14,15)/t10-/m1/s1. The zero-order valence-electron chi connectivity index (χ0n) is 9.25. The minimum atomic E-state index is -0.190. The van der Waals surface area contributed by atoms with Gasteiger partial charge in [-0.05, 0) is 17.5 Å². The Kier molecular flexibility index (Phi) is 3.91. The van der Waals surface area contributed by atoms with Crippen LogP contribution in [0.15, 0.2) is 30.3 Å². The molecule has 1 rings (SSSR count). The van der Waals surface area contributed by atoms with Crippen molar-refractivity contribution in [2.45, 2.75) is 25.6 Å². The zero-order chi connectivity index (χ0) is 11.5. The lowest BCUT2D eigenvalue weighted by atomic mass is 9.92. The van der Waals surface area contributed by atoms with E-state index < -0.39 is 0 Å². The fourth-order valence-electron chi connectivity index (χ4n) is 1.12. The van der Waals surface area contributed by atoms with Crippen molar-refractivity contribution in [3.8, 4) is 0 Å². The van der Waals surface area contributed by atoms with Crippen molar-refractivity contribution in [3.05, 3.63) is 30.3 Å². The molecule has 1 aromatic rings. The molecule has 2 nitrogen and oxygen atoms in total. The number of amides is 1. The fraction of sp³-hybridized carbons (Fsp3) is 0.417. The first-order chi connectivity index (χ1) is 6.91. The van der Waals surface area contributed by atoms with E-state index >= 15 is 0 Å². The molecule has 0 fully saturated rings. The van der Waals surface area contributed by atoms with Crippen LogP contribution in [0.3, 0.4) is 0 Å². The number of hydrogen-bond acceptors (Lipinski definition) is 1. The maximum atomic E-state index is 11.8. The van der Waals surface area contributed by atoms with Gasteiger partial charge in [0, 0.05) is 5.69 Å². The van der Waals surface area contributed by atoms with Gasteiger partial charge in [-0.3, -0.25) is 4.79 Å². The summed E-state index contributed by atoms with van der Waals surface area (Å²) < 4.78 is 0. The highest BCUT2D eigenvalue weighted by molar-refractivity contribution is 9.10. The number of alkyl halides is 1. The predicted molar refractivity (Wildman–Crippen MR) is 67.2 cm³/mol. The Bertz CT molecular complexity index is 329. The number of halogens is 1. The highest BCUT2D eigenvalue weighted by Gasteiger charge is 2.28. The van der Waals surface area contributed by atoms with Gasteiger partial charge < -0.3 is 5.32 Å². The first kappa shape index (κ1) is 12.2. The topological polar surface area (TPSA) is 29.1 Å². The Morgan fingerprint density at radius 1 is 1.27 bits per heavy atom. The van der Waals surface area contributed by atoms with Crippen LogP contribution in [0.5, 0.6) is 0 Å². The summed E-state index contributed by atoms with van der Waals surface area (Å²) in [7, 11) is 0. The molecular weight excluding hydrogens is 254 g/mol. The third-order valence-corrected chi connectivity index (χ3v) is 3.82. The number of hydrogen-bond donors (Lipinski definition) is 1. The Balaban J connectivity index is 2.65. The highest BCUT2D eigenvalue weighted by atomic mass is 79.9. The summed E-state index contributed by atoms with van der Waals surface area (Å²) >= 11 is 3.41. The summed E-state index contributed by atoms with van der Waals surface area (Å²) in [6.45, 7) is 6.07. The summed E-state index contributed by atoms with van der Waals surface area (Å²) in [5.41, 5.74) is 0.745. The Hall–Kier alpha value is -0.830. The Labute approximate surface area is 99.2 Å². The van der Waals surface area contributed by atoms with Crippen molar-refractivity contribution in [1.29, 1.82) is 0 Å². The van der Waals surface area contributed by atoms with Crippen molar-refractivity contribution in [2.75, 3.05) is 5.32 Å². The molecule has 0 saturated carbocycles. The van der Waals surface area contributed by atoms with Crippen LogP contribution >= 0.6 is 15.9 Å². The summed E-state index contributed by atoms with van der Waals surface area (Å²) in [5, 5.41) is 2.86. The van der Waals surface area contributed by atoms with Gasteiger partial charge in [-0.25, -0.2) is 0 Å². The zero-order valence-corrected chi connectivity index (χ0v) is 10.8. The van der Waals surface area contributed by atoms with E-state index in [0.29, 0.717) is 0 Å². The van der Waals surface area contributed by atoms with Crippen LogP contribution in [0, 0.1) is 5.41 Å². The molecule has 0 heterocycles. The largest absolute Gasteiger partial charge is 0.325 e. The third kappa shape index (κ3) is 3.67. The van der Waals surface area contributed by atoms with Crippen molar-refractivity contribution < 1.29 is 4.79 Å². The molecule has 0 bridgehead atoms. The van der Waals surface area contributed by atoms with Gasteiger partial charge in [0.25, 0.3) is 0 Å². The molecule has 1 N–H and O–H groups in total. The van der Waals surface area contributed by atoms with Gasteiger partial charge in [-0.15, -0.1) is 0 Å². The van der Waals surface area contributed by atoms with Gasteiger partial charge in [-0.2, -0.15) is 0 Å². The molecule has 1 aromatic carbocycles. The molecule has 3 heteroatoms. The van der Waals surface area contributed by atoms with Gasteiger partial charge in [0.05, 0.1) is 4.83 Å². The SMILES string of the molecule is CC(C)(C)[C@H](Br)C(=O)Nc1ccccc1. The van der Waals surface area contributed by atoms with E-state index in [9.17, 15) is 4.79 Å². The van der Waals surface area contributed by atoms with E-state index in [1.54, 1.807) is 0 Å². The molecule has 0 aliphatic carbocycles. The first-order valence-corrected chi connectivity index (χ1v) is 5.83. The molecule has 82 valence electrons. The fourth-order valence-corrected chi connectivity index (χ4v) is 1.23. The smallest absolute Gasteiger partial charge is 0.238 e. The van der Waals surface area contributed by atoms with Crippen molar-refractivity contribution in [3.63, 3.8) is 0 Å². The minimum absolute atomic E-state index is 0.00583. The van der Waals surface area contributed by atoms with Gasteiger partial charge in [-0.1, -0.05) is 54.9 Å². The highest BCUT2D eigenvalue weighted by Crippen LogP contribution is 2.27. The second kappa shape index (κ2) is 4.79. The third-order valence-electron chi connectivity index (χ3n) is 2.03. The summed E-state index contributed by atoms with van der Waals surface area (Å²) in [5.74, 6) is -0.00583. The van der Waals surface area contributed by atoms with Crippen LogP contribution in [0.4, 0.5) is 5.69 Å². The number of para-hydroxylation sites is 1. The maximum absolute atomic E-state index is 11.8. The van der Waals surface area contributed by atoms with Gasteiger partial charge in [0.1, 0.15) is 0 Å². The Morgan fingerprint density at radius 3 is 2.27 bits per heavy atom. The maximum Gasteiger partial charge on any atom is 0.238 e. The number of rotatable bonds is 2. The van der Waals surface area contributed by atoms with Crippen molar-refractivity contribution in [1.82, 2.24) is 0 Å².